The largest absolute Gasteiger partial charge is 0.355 e. The molecular formula is C19H35N3O2. The SMILES string of the molecule is CCC1CCCCN1C(=O)C1CCC(C(=O)NCCN(C)C)CC1. The maximum absolute atomic E-state index is 12.9. The van der Waals surface area contributed by atoms with Crippen molar-refractivity contribution in [1.82, 2.24) is 15.1 Å². The molecule has 1 saturated carbocycles. The molecule has 138 valence electrons. The molecule has 1 N–H and O–H groups in total. The van der Waals surface area contributed by atoms with E-state index in [0.29, 0.717) is 18.5 Å². The second-order valence-electron chi connectivity index (χ2n) is 7.73. The number of rotatable bonds is 6. The summed E-state index contributed by atoms with van der Waals surface area (Å²) >= 11 is 0. The van der Waals surface area contributed by atoms with Gasteiger partial charge in [0.15, 0.2) is 0 Å². The monoisotopic (exact) mass is 337 g/mol. The lowest BCUT2D eigenvalue weighted by molar-refractivity contribution is -0.141. The highest BCUT2D eigenvalue weighted by Gasteiger charge is 2.34. The van der Waals surface area contributed by atoms with Crippen molar-refractivity contribution >= 4 is 11.8 Å². The second-order valence-corrected chi connectivity index (χ2v) is 7.73. The molecule has 1 saturated heterocycles. The molecule has 1 heterocycles. The number of likely N-dealkylation sites (tertiary alicyclic amines) is 1. The van der Waals surface area contributed by atoms with Crippen LogP contribution in [0.3, 0.4) is 0 Å². The van der Waals surface area contributed by atoms with Gasteiger partial charge < -0.3 is 15.1 Å². The van der Waals surface area contributed by atoms with E-state index in [2.05, 4.69) is 22.0 Å². The molecule has 24 heavy (non-hydrogen) atoms. The third kappa shape index (κ3) is 5.20. The average Bonchev–Trinajstić information content (AvgIpc) is 2.60. The molecule has 2 amide bonds. The summed E-state index contributed by atoms with van der Waals surface area (Å²) in [5.74, 6) is 0.766. The van der Waals surface area contributed by atoms with Crippen molar-refractivity contribution in [3.05, 3.63) is 0 Å². The summed E-state index contributed by atoms with van der Waals surface area (Å²) in [5.41, 5.74) is 0. The third-order valence-electron chi connectivity index (χ3n) is 5.69. The van der Waals surface area contributed by atoms with Gasteiger partial charge in [-0.1, -0.05) is 6.92 Å². The molecule has 0 aromatic heterocycles. The number of hydrogen-bond acceptors (Lipinski definition) is 3. The van der Waals surface area contributed by atoms with E-state index in [4.69, 9.17) is 0 Å². The summed E-state index contributed by atoms with van der Waals surface area (Å²) in [7, 11) is 4.01. The van der Waals surface area contributed by atoms with Crippen LogP contribution in [0.1, 0.15) is 58.3 Å². The van der Waals surface area contributed by atoms with Gasteiger partial charge in [-0.05, 0) is 65.5 Å². The Balaban J connectivity index is 1.77. The van der Waals surface area contributed by atoms with Crippen molar-refractivity contribution in [2.75, 3.05) is 33.7 Å². The zero-order valence-corrected chi connectivity index (χ0v) is 15.7. The highest BCUT2D eigenvalue weighted by atomic mass is 16.2. The van der Waals surface area contributed by atoms with Crippen molar-refractivity contribution < 1.29 is 9.59 Å². The number of hydrogen-bond donors (Lipinski definition) is 1. The first-order valence-corrected chi connectivity index (χ1v) is 9.75. The minimum Gasteiger partial charge on any atom is -0.355 e. The molecule has 1 unspecified atom stereocenters. The van der Waals surface area contributed by atoms with Crippen LogP contribution in [0.25, 0.3) is 0 Å². The van der Waals surface area contributed by atoms with Crippen molar-refractivity contribution in [2.45, 2.75) is 64.3 Å². The molecule has 0 aromatic carbocycles. The molecular weight excluding hydrogens is 302 g/mol. The quantitative estimate of drug-likeness (QED) is 0.809. The van der Waals surface area contributed by atoms with E-state index < -0.39 is 0 Å². The van der Waals surface area contributed by atoms with Gasteiger partial charge in [0.2, 0.25) is 11.8 Å². The molecule has 2 fully saturated rings. The summed E-state index contributed by atoms with van der Waals surface area (Å²) in [6.07, 6.45) is 8.08. The lowest BCUT2D eigenvalue weighted by Crippen LogP contribution is -2.47. The molecule has 5 nitrogen and oxygen atoms in total. The molecule has 0 aromatic rings. The fraction of sp³-hybridized carbons (Fsp3) is 0.895. The smallest absolute Gasteiger partial charge is 0.225 e. The number of carbonyl (C=O) groups excluding carboxylic acids is 2. The van der Waals surface area contributed by atoms with Crippen molar-refractivity contribution in [2.24, 2.45) is 11.8 Å². The van der Waals surface area contributed by atoms with Gasteiger partial charge in [-0.15, -0.1) is 0 Å². The van der Waals surface area contributed by atoms with E-state index in [1.54, 1.807) is 0 Å². The van der Waals surface area contributed by atoms with Crippen molar-refractivity contribution in [3.63, 3.8) is 0 Å². The van der Waals surface area contributed by atoms with Crippen LogP contribution in [-0.4, -0.2) is 61.4 Å². The lowest BCUT2D eigenvalue weighted by Gasteiger charge is -2.39. The Kier molecular flexibility index (Phi) is 7.53. The minimum atomic E-state index is 0.0968. The van der Waals surface area contributed by atoms with Crippen molar-refractivity contribution in [1.29, 1.82) is 0 Å². The molecule has 0 spiro atoms. The summed E-state index contributed by atoms with van der Waals surface area (Å²) < 4.78 is 0. The van der Waals surface area contributed by atoms with Gasteiger partial charge in [0.05, 0.1) is 0 Å². The van der Waals surface area contributed by atoms with Crippen LogP contribution in [0.5, 0.6) is 0 Å². The zero-order valence-electron chi connectivity index (χ0n) is 15.7. The van der Waals surface area contributed by atoms with Gasteiger partial charge in [-0.3, -0.25) is 9.59 Å². The van der Waals surface area contributed by atoms with Gasteiger partial charge >= 0.3 is 0 Å². The van der Waals surface area contributed by atoms with Crippen LogP contribution in [-0.2, 0) is 9.59 Å². The first-order valence-electron chi connectivity index (χ1n) is 9.75. The molecule has 0 bridgehead atoms. The predicted molar refractivity (Wildman–Crippen MR) is 96.7 cm³/mol. The van der Waals surface area contributed by atoms with E-state index in [0.717, 1.165) is 58.0 Å². The van der Waals surface area contributed by atoms with Crippen LogP contribution in [0.2, 0.25) is 0 Å². The van der Waals surface area contributed by atoms with Gasteiger partial charge in [0.25, 0.3) is 0 Å². The number of amides is 2. The number of piperidine rings is 1. The fourth-order valence-electron chi connectivity index (χ4n) is 4.10. The van der Waals surface area contributed by atoms with Crippen LogP contribution in [0.15, 0.2) is 0 Å². The minimum absolute atomic E-state index is 0.0968. The Labute approximate surface area is 147 Å². The lowest BCUT2D eigenvalue weighted by atomic mass is 9.80. The molecule has 5 heteroatoms. The van der Waals surface area contributed by atoms with Crippen LogP contribution >= 0.6 is 0 Å². The molecule has 1 atom stereocenters. The summed E-state index contributed by atoms with van der Waals surface area (Å²) in [4.78, 5) is 29.3. The first-order chi connectivity index (χ1) is 11.5. The van der Waals surface area contributed by atoms with Gasteiger partial charge in [-0.2, -0.15) is 0 Å². The van der Waals surface area contributed by atoms with Crippen molar-refractivity contribution in [3.8, 4) is 0 Å². The maximum atomic E-state index is 12.9. The van der Waals surface area contributed by atoms with Gasteiger partial charge in [-0.25, -0.2) is 0 Å². The molecule has 2 rings (SSSR count). The number of likely N-dealkylation sites (N-methyl/N-ethyl adjacent to an activating group) is 1. The number of nitrogens with one attached hydrogen (secondary N) is 1. The number of carbonyl (C=O) groups is 2. The molecule has 0 radical (unpaired) electrons. The predicted octanol–water partition coefficient (Wildman–Crippen LogP) is 2.26. The Morgan fingerprint density at radius 2 is 1.71 bits per heavy atom. The molecule has 1 aliphatic heterocycles. The van der Waals surface area contributed by atoms with Crippen LogP contribution in [0, 0.1) is 11.8 Å². The third-order valence-corrected chi connectivity index (χ3v) is 5.69. The van der Waals surface area contributed by atoms with E-state index in [1.807, 2.05) is 14.1 Å². The summed E-state index contributed by atoms with van der Waals surface area (Å²) in [6, 6.07) is 0.443. The van der Waals surface area contributed by atoms with E-state index in [1.165, 1.54) is 6.42 Å². The number of nitrogens with zero attached hydrogens (tertiary/aromatic N) is 2. The Morgan fingerprint density at radius 1 is 1.04 bits per heavy atom. The maximum Gasteiger partial charge on any atom is 0.225 e. The molecule has 1 aliphatic carbocycles. The highest BCUT2D eigenvalue weighted by Crippen LogP contribution is 2.32. The standard InChI is InChI=1S/C19H35N3O2/c1-4-17-7-5-6-13-22(17)19(24)16-10-8-15(9-11-16)18(23)20-12-14-21(2)3/h15-17H,4-14H2,1-3H3,(H,20,23). The normalized spacial score (nSPS) is 28.0. The Morgan fingerprint density at radius 3 is 2.33 bits per heavy atom. The van der Waals surface area contributed by atoms with Gasteiger partial charge in [0.1, 0.15) is 0 Å². The summed E-state index contributed by atoms with van der Waals surface area (Å²) in [6.45, 7) is 4.69. The van der Waals surface area contributed by atoms with Crippen LogP contribution in [0.4, 0.5) is 0 Å². The van der Waals surface area contributed by atoms with E-state index in [-0.39, 0.29) is 17.7 Å². The fourth-order valence-corrected chi connectivity index (χ4v) is 4.10. The van der Waals surface area contributed by atoms with E-state index in [9.17, 15) is 9.59 Å². The Bertz CT molecular complexity index is 417. The average molecular weight is 338 g/mol. The zero-order chi connectivity index (χ0) is 17.5. The second kappa shape index (κ2) is 9.40. The van der Waals surface area contributed by atoms with Gasteiger partial charge in [0, 0.05) is 37.5 Å². The topological polar surface area (TPSA) is 52.7 Å². The van der Waals surface area contributed by atoms with Crippen LogP contribution < -0.4 is 5.32 Å². The highest BCUT2D eigenvalue weighted by molar-refractivity contribution is 5.81. The summed E-state index contributed by atoms with van der Waals surface area (Å²) in [5, 5.41) is 3.03. The Hall–Kier alpha value is -1.10. The molecule has 2 aliphatic rings. The van der Waals surface area contributed by atoms with E-state index >= 15 is 0 Å². The first kappa shape index (κ1) is 19.2.